The molecule has 0 saturated heterocycles. The highest BCUT2D eigenvalue weighted by molar-refractivity contribution is 5.85. The van der Waals surface area contributed by atoms with E-state index in [-0.39, 0.29) is 17.3 Å². The third-order valence-electron chi connectivity index (χ3n) is 4.23. The molecule has 0 N–H and O–H groups in total. The van der Waals surface area contributed by atoms with Crippen LogP contribution in [-0.2, 0) is 4.79 Å². The van der Waals surface area contributed by atoms with E-state index in [4.69, 9.17) is 5.26 Å². The highest BCUT2D eigenvalue weighted by Gasteiger charge is 2.55. The van der Waals surface area contributed by atoms with Crippen molar-refractivity contribution < 1.29 is 4.79 Å². The molecule has 0 spiro atoms. The summed E-state index contributed by atoms with van der Waals surface area (Å²) < 4.78 is 0. The molecule has 0 heterocycles. The molecule has 2 atom stereocenters. The molecule has 0 radical (unpaired) electrons. The van der Waals surface area contributed by atoms with Gasteiger partial charge in [-0.25, -0.2) is 0 Å². The zero-order chi connectivity index (χ0) is 9.05. The normalized spacial score (nSPS) is 52.2. The summed E-state index contributed by atoms with van der Waals surface area (Å²) in [4.78, 5) is 11.7. The lowest BCUT2D eigenvalue weighted by molar-refractivity contribution is -0.143. The van der Waals surface area contributed by atoms with Crippen LogP contribution >= 0.6 is 0 Å². The fourth-order valence-electron chi connectivity index (χ4n) is 3.88. The minimum Gasteiger partial charge on any atom is -0.299 e. The summed E-state index contributed by atoms with van der Waals surface area (Å²) in [5, 5.41) is 9.16. The van der Waals surface area contributed by atoms with Crippen LogP contribution in [0.2, 0.25) is 0 Å². The minimum atomic E-state index is -0.0928. The Kier molecular flexibility index (Phi) is 1.25. The number of nitriles is 1. The SMILES string of the molecule is N#CC12CC3CC(C1)C(=O)C(C3)C2. The standard InChI is InChI=1S/C11H13NO/c12-6-11-3-7-1-8(4-11)10(13)9(2-7)5-11/h7-9H,1-5H2. The Bertz CT molecular complexity index is 297. The molecule has 0 aromatic carbocycles. The van der Waals surface area contributed by atoms with Gasteiger partial charge >= 0.3 is 0 Å². The van der Waals surface area contributed by atoms with Crippen molar-refractivity contribution in [1.82, 2.24) is 0 Å². The fourth-order valence-corrected chi connectivity index (χ4v) is 3.88. The van der Waals surface area contributed by atoms with Crippen molar-refractivity contribution >= 4 is 5.78 Å². The van der Waals surface area contributed by atoms with Gasteiger partial charge in [-0.2, -0.15) is 5.26 Å². The highest BCUT2D eigenvalue weighted by atomic mass is 16.1. The van der Waals surface area contributed by atoms with E-state index in [2.05, 4.69) is 6.07 Å². The van der Waals surface area contributed by atoms with E-state index in [1.807, 2.05) is 0 Å². The number of nitrogens with zero attached hydrogens (tertiary/aromatic N) is 1. The van der Waals surface area contributed by atoms with Crippen LogP contribution < -0.4 is 0 Å². The summed E-state index contributed by atoms with van der Waals surface area (Å²) in [5.41, 5.74) is -0.0928. The van der Waals surface area contributed by atoms with Crippen molar-refractivity contribution in [3.8, 4) is 6.07 Å². The molecule has 0 aromatic rings. The molecule has 4 bridgehead atoms. The van der Waals surface area contributed by atoms with Gasteiger partial charge in [0.25, 0.3) is 0 Å². The third-order valence-corrected chi connectivity index (χ3v) is 4.23. The molecule has 0 amide bonds. The lowest BCUT2D eigenvalue weighted by Crippen LogP contribution is -2.50. The minimum absolute atomic E-state index is 0.0928. The van der Waals surface area contributed by atoms with Crippen molar-refractivity contribution in [2.45, 2.75) is 32.1 Å². The van der Waals surface area contributed by atoms with E-state index in [1.165, 1.54) is 0 Å². The second-order valence-electron chi connectivity index (χ2n) is 5.14. The largest absolute Gasteiger partial charge is 0.299 e. The lowest BCUT2D eigenvalue weighted by Gasteiger charge is -2.52. The van der Waals surface area contributed by atoms with Crippen LogP contribution in [-0.4, -0.2) is 5.78 Å². The number of ketones is 1. The highest BCUT2D eigenvalue weighted by Crippen LogP contribution is 2.58. The first-order valence-corrected chi connectivity index (χ1v) is 5.17. The molecular weight excluding hydrogens is 162 g/mol. The summed E-state index contributed by atoms with van der Waals surface area (Å²) in [6.45, 7) is 0. The Labute approximate surface area is 77.9 Å². The molecule has 2 heteroatoms. The fraction of sp³-hybridized carbons (Fsp3) is 0.818. The van der Waals surface area contributed by atoms with Crippen LogP contribution in [0, 0.1) is 34.5 Å². The second-order valence-corrected chi connectivity index (χ2v) is 5.14. The van der Waals surface area contributed by atoms with Crippen molar-refractivity contribution in [2.75, 3.05) is 0 Å². The van der Waals surface area contributed by atoms with Gasteiger partial charge in [-0.05, 0) is 38.0 Å². The molecule has 4 aliphatic rings. The van der Waals surface area contributed by atoms with E-state index in [1.54, 1.807) is 0 Å². The number of hydrogen-bond acceptors (Lipinski definition) is 2. The lowest BCUT2D eigenvalue weighted by atomic mass is 9.49. The Hall–Kier alpha value is -0.840. The van der Waals surface area contributed by atoms with Gasteiger partial charge in [0.2, 0.25) is 0 Å². The van der Waals surface area contributed by atoms with Gasteiger partial charge in [-0.1, -0.05) is 0 Å². The predicted molar refractivity (Wildman–Crippen MR) is 46.6 cm³/mol. The smallest absolute Gasteiger partial charge is 0.139 e. The quantitative estimate of drug-likeness (QED) is 0.564. The molecule has 13 heavy (non-hydrogen) atoms. The van der Waals surface area contributed by atoms with Crippen LogP contribution in [0.25, 0.3) is 0 Å². The summed E-state index contributed by atoms with van der Waals surface area (Å²) in [6.07, 6.45) is 4.98. The van der Waals surface area contributed by atoms with Gasteiger partial charge in [-0.3, -0.25) is 4.79 Å². The average molecular weight is 175 g/mol. The Morgan fingerprint density at radius 2 is 1.85 bits per heavy atom. The van der Waals surface area contributed by atoms with Crippen LogP contribution in [0.3, 0.4) is 0 Å². The number of carbonyl (C=O) groups is 1. The molecule has 2 unspecified atom stereocenters. The van der Waals surface area contributed by atoms with E-state index in [9.17, 15) is 4.79 Å². The maximum atomic E-state index is 11.7. The first-order valence-electron chi connectivity index (χ1n) is 5.17. The van der Waals surface area contributed by atoms with E-state index in [0.717, 1.165) is 32.1 Å². The molecule has 4 rings (SSSR count). The molecule has 4 aliphatic carbocycles. The average Bonchev–Trinajstić information content (AvgIpc) is 2.13. The van der Waals surface area contributed by atoms with Gasteiger partial charge in [0, 0.05) is 11.8 Å². The summed E-state index contributed by atoms with van der Waals surface area (Å²) in [6, 6.07) is 2.48. The molecule has 0 aromatic heterocycles. The van der Waals surface area contributed by atoms with Crippen molar-refractivity contribution in [3.63, 3.8) is 0 Å². The first-order chi connectivity index (χ1) is 6.22. The summed E-state index contributed by atoms with van der Waals surface area (Å²) in [5.74, 6) is 1.67. The van der Waals surface area contributed by atoms with Crippen LogP contribution in [0.5, 0.6) is 0 Å². The Morgan fingerprint density at radius 1 is 1.23 bits per heavy atom. The topological polar surface area (TPSA) is 40.9 Å². The predicted octanol–water partition coefficient (Wildman–Crippen LogP) is 1.91. The van der Waals surface area contributed by atoms with Gasteiger partial charge in [0.05, 0.1) is 11.5 Å². The number of rotatable bonds is 0. The van der Waals surface area contributed by atoms with Crippen LogP contribution in [0.1, 0.15) is 32.1 Å². The number of carbonyl (C=O) groups excluding carboxylic acids is 1. The first kappa shape index (κ1) is 7.55. The monoisotopic (exact) mass is 175 g/mol. The maximum Gasteiger partial charge on any atom is 0.139 e. The molecule has 4 saturated carbocycles. The van der Waals surface area contributed by atoms with Crippen molar-refractivity contribution in [2.24, 2.45) is 23.2 Å². The van der Waals surface area contributed by atoms with Gasteiger partial charge in [0.15, 0.2) is 0 Å². The van der Waals surface area contributed by atoms with Crippen molar-refractivity contribution in [3.05, 3.63) is 0 Å². The molecule has 0 aliphatic heterocycles. The molecule has 68 valence electrons. The van der Waals surface area contributed by atoms with Crippen LogP contribution in [0.15, 0.2) is 0 Å². The van der Waals surface area contributed by atoms with Gasteiger partial charge in [0.1, 0.15) is 5.78 Å². The van der Waals surface area contributed by atoms with E-state index >= 15 is 0 Å². The van der Waals surface area contributed by atoms with Crippen LogP contribution in [0.4, 0.5) is 0 Å². The zero-order valence-corrected chi connectivity index (χ0v) is 7.62. The van der Waals surface area contributed by atoms with Gasteiger partial charge in [-0.15, -0.1) is 0 Å². The summed E-state index contributed by atoms with van der Waals surface area (Å²) >= 11 is 0. The second kappa shape index (κ2) is 2.15. The molecular formula is C11H13NO. The Balaban J connectivity index is 2.01. The number of hydrogen-bond donors (Lipinski definition) is 0. The van der Waals surface area contributed by atoms with Crippen molar-refractivity contribution in [1.29, 1.82) is 5.26 Å². The molecule has 2 nitrogen and oxygen atoms in total. The van der Waals surface area contributed by atoms with E-state index < -0.39 is 0 Å². The van der Waals surface area contributed by atoms with Gasteiger partial charge < -0.3 is 0 Å². The molecule has 4 fully saturated rings. The Morgan fingerprint density at radius 3 is 2.38 bits per heavy atom. The number of Topliss-reactive ketones (excluding diaryl/α,β-unsaturated/α-hetero) is 1. The maximum absolute atomic E-state index is 11.7. The van der Waals surface area contributed by atoms with E-state index in [0.29, 0.717) is 11.7 Å². The third kappa shape index (κ3) is 0.852. The zero-order valence-electron chi connectivity index (χ0n) is 7.62. The summed E-state index contributed by atoms with van der Waals surface area (Å²) in [7, 11) is 0.